The van der Waals surface area contributed by atoms with E-state index in [9.17, 15) is 4.79 Å². The van der Waals surface area contributed by atoms with Crippen LogP contribution in [0.5, 0.6) is 17.2 Å². The summed E-state index contributed by atoms with van der Waals surface area (Å²) in [5.74, 6) is 2.12. The molecule has 0 saturated carbocycles. The molecule has 1 N–H and O–H groups in total. The van der Waals surface area contributed by atoms with Gasteiger partial charge in [0.15, 0.2) is 6.10 Å². The third-order valence-corrected chi connectivity index (χ3v) is 4.22. The van der Waals surface area contributed by atoms with Crippen molar-refractivity contribution in [1.29, 1.82) is 0 Å². The summed E-state index contributed by atoms with van der Waals surface area (Å²) in [5.41, 5.74) is 2.12. The third-order valence-electron chi connectivity index (χ3n) is 4.22. The minimum Gasteiger partial charge on any atom is -0.497 e. The van der Waals surface area contributed by atoms with Crippen molar-refractivity contribution in [1.82, 2.24) is 5.32 Å². The second-order valence-corrected chi connectivity index (χ2v) is 6.68. The Kier molecular flexibility index (Phi) is 7.53. The molecule has 5 heteroatoms. The number of aryl methyl sites for hydroxylation is 2. The standard InChI is InChI=1S/C22H29NO4/c1-6-20(27-21-13-15(2)7-8-16(21)3)22(24)23-17(4)14-26-19-11-9-18(25-5)10-12-19/h7-13,17,20H,6,14H2,1-5H3,(H,23,24)/t17-,20+/m0/s1. The van der Waals surface area contributed by atoms with Crippen molar-refractivity contribution < 1.29 is 19.0 Å². The molecule has 0 bridgehead atoms. The molecule has 0 spiro atoms. The molecule has 2 atom stereocenters. The molecule has 0 aromatic heterocycles. The lowest BCUT2D eigenvalue weighted by Crippen LogP contribution is -2.44. The Hall–Kier alpha value is -2.69. The topological polar surface area (TPSA) is 56.8 Å². The summed E-state index contributed by atoms with van der Waals surface area (Å²) in [5, 5.41) is 2.96. The van der Waals surface area contributed by atoms with Crippen LogP contribution in [0.25, 0.3) is 0 Å². The summed E-state index contributed by atoms with van der Waals surface area (Å²) in [7, 11) is 1.62. The highest BCUT2D eigenvalue weighted by Gasteiger charge is 2.21. The number of hydrogen-bond donors (Lipinski definition) is 1. The van der Waals surface area contributed by atoms with E-state index in [0.717, 1.165) is 28.4 Å². The Morgan fingerprint density at radius 1 is 1.07 bits per heavy atom. The molecule has 0 fully saturated rings. The summed E-state index contributed by atoms with van der Waals surface area (Å²) in [6.07, 6.45) is 0.0552. The van der Waals surface area contributed by atoms with E-state index in [1.165, 1.54) is 0 Å². The first-order valence-corrected chi connectivity index (χ1v) is 9.24. The summed E-state index contributed by atoms with van der Waals surface area (Å²) >= 11 is 0. The summed E-state index contributed by atoms with van der Waals surface area (Å²) in [6, 6.07) is 13.2. The zero-order valence-corrected chi connectivity index (χ0v) is 16.7. The lowest BCUT2D eigenvalue weighted by Gasteiger charge is -2.22. The molecule has 0 aliphatic heterocycles. The van der Waals surface area contributed by atoms with Gasteiger partial charge >= 0.3 is 0 Å². The predicted molar refractivity (Wildman–Crippen MR) is 107 cm³/mol. The SMILES string of the molecule is CC[C@@H](Oc1cc(C)ccc1C)C(=O)N[C@@H](C)COc1ccc(OC)cc1. The van der Waals surface area contributed by atoms with E-state index in [0.29, 0.717) is 13.0 Å². The molecule has 2 aromatic rings. The summed E-state index contributed by atoms with van der Waals surface area (Å²) in [6.45, 7) is 8.20. The van der Waals surface area contributed by atoms with E-state index in [1.54, 1.807) is 7.11 Å². The average molecular weight is 371 g/mol. The first kappa shape index (κ1) is 20.6. The van der Waals surface area contributed by atoms with Gasteiger partial charge in [-0.05, 0) is 68.7 Å². The quantitative estimate of drug-likeness (QED) is 0.722. The largest absolute Gasteiger partial charge is 0.497 e. The molecule has 146 valence electrons. The van der Waals surface area contributed by atoms with Crippen LogP contribution in [-0.4, -0.2) is 31.8 Å². The smallest absolute Gasteiger partial charge is 0.261 e. The van der Waals surface area contributed by atoms with Crippen molar-refractivity contribution in [3.05, 3.63) is 53.6 Å². The molecule has 5 nitrogen and oxygen atoms in total. The molecular weight excluding hydrogens is 342 g/mol. The number of carbonyl (C=O) groups excluding carboxylic acids is 1. The first-order chi connectivity index (χ1) is 12.9. The minimum absolute atomic E-state index is 0.135. The van der Waals surface area contributed by atoms with Gasteiger partial charge in [0.1, 0.15) is 23.9 Å². The third kappa shape index (κ3) is 6.20. The van der Waals surface area contributed by atoms with E-state index in [2.05, 4.69) is 5.32 Å². The number of rotatable bonds is 9. The average Bonchev–Trinajstić information content (AvgIpc) is 2.67. The Bertz CT molecular complexity index is 742. The fraction of sp³-hybridized carbons (Fsp3) is 0.409. The lowest BCUT2D eigenvalue weighted by atomic mass is 10.1. The van der Waals surface area contributed by atoms with Crippen LogP contribution in [0.15, 0.2) is 42.5 Å². The van der Waals surface area contributed by atoms with Gasteiger partial charge in [0.2, 0.25) is 0 Å². The van der Waals surface area contributed by atoms with Gasteiger partial charge in [-0.2, -0.15) is 0 Å². The number of nitrogens with one attached hydrogen (secondary N) is 1. The lowest BCUT2D eigenvalue weighted by molar-refractivity contribution is -0.129. The van der Waals surface area contributed by atoms with E-state index in [-0.39, 0.29) is 11.9 Å². The highest BCUT2D eigenvalue weighted by atomic mass is 16.5. The number of benzene rings is 2. The number of ether oxygens (including phenoxy) is 3. The second-order valence-electron chi connectivity index (χ2n) is 6.68. The van der Waals surface area contributed by atoms with Crippen molar-refractivity contribution in [3.63, 3.8) is 0 Å². The molecule has 2 aromatic carbocycles. The maximum Gasteiger partial charge on any atom is 0.261 e. The number of hydrogen-bond acceptors (Lipinski definition) is 4. The second kappa shape index (κ2) is 9.86. The van der Waals surface area contributed by atoms with Crippen LogP contribution >= 0.6 is 0 Å². The zero-order valence-electron chi connectivity index (χ0n) is 16.7. The van der Waals surface area contributed by atoms with Crippen LogP contribution in [0.1, 0.15) is 31.4 Å². The van der Waals surface area contributed by atoms with Crippen molar-refractivity contribution in [3.8, 4) is 17.2 Å². The monoisotopic (exact) mass is 371 g/mol. The molecule has 0 aliphatic rings. The molecule has 0 aliphatic carbocycles. The molecule has 27 heavy (non-hydrogen) atoms. The van der Waals surface area contributed by atoms with Crippen LogP contribution in [0.2, 0.25) is 0 Å². The van der Waals surface area contributed by atoms with Crippen molar-refractivity contribution in [2.75, 3.05) is 13.7 Å². The van der Waals surface area contributed by atoms with Crippen molar-refractivity contribution in [2.45, 2.75) is 46.3 Å². The molecule has 0 unspecified atom stereocenters. The maximum atomic E-state index is 12.6. The molecule has 0 saturated heterocycles. The van der Waals surface area contributed by atoms with Crippen molar-refractivity contribution >= 4 is 5.91 Å². The highest BCUT2D eigenvalue weighted by molar-refractivity contribution is 5.81. The van der Waals surface area contributed by atoms with Gasteiger partial charge in [0, 0.05) is 0 Å². The van der Waals surface area contributed by atoms with Crippen LogP contribution < -0.4 is 19.5 Å². The molecular formula is C22H29NO4. The first-order valence-electron chi connectivity index (χ1n) is 9.24. The zero-order chi connectivity index (χ0) is 19.8. The Morgan fingerprint density at radius 3 is 2.37 bits per heavy atom. The predicted octanol–water partition coefficient (Wildman–Crippen LogP) is 4.05. The van der Waals surface area contributed by atoms with Gasteiger partial charge in [-0.3, -0.25) is 4.79 Å². The van der Waals surface area contributed by atoms with Gasteiger partial charge < -0.3 is 19.5 Å². The van der Waals surface area contributed by atoms with Gasteiger partial charge in [-0.1, -0.05) is 19.1 Å². The number of carbonyl (C=O) groups is 1. The maximum absolute atomic E-state index is 12.6. The summed E-state index contributed by atoms with van der Waals surface area (Å²) in [4.78, 5) is 12.6. The molecule has 1 amide bonds. The molecule has 0 heterocycles. The van der Waals surface area contributed by atoms with Crippen molar-refractivity contribution in [2.24, 2.45) is 0 Å². The van der Waals surface area contributed by atoms with E-state index in [1.807, 2.05) is 70.2 Å². The van der Waals surface area contributed by atoms with E-state index < -0.39 is 6.10 Å². The number of methoxy groups -OCH3 is 1. The van der Waals surface area contributed by atoms with Gasteiger partial charge in [-0.25, -0.2) is 0 Å². The van der Waals surface area contributed by atoms with Gasteiger partial charge in [0.25, 0.3) is 5.91 Å². The minimum atomic E-state index is -0.533. The normalized spacial score (nSPS) is 12.8. The number of amides is 1. The highest BCUT2D eigenvalue weighted by Crippen LogP contribution is 2.21. The molecule has 0 radical (unpaired) electrons. The van der Waals surface area contributed by atoms with E-state index >= 15 is 0 Å². The fourth-order valence-corrected chi connectivity index (χ4v) is 2.58. The van der Waals surface area contributed by atoms with Crippen LogP contribution in [0.3, 0.4) is 0 Å². The van der Waals surface area contributed by atoms with Crippen LogP contribution in [-0.2, 0) is 4.79 Å². The fourth-order valence-electron chi connectivity index (χ4n) is 2.58. The van der Waals surface area contributed by atoms with Gasteiger partial charge in [0.05, 0.1) is 13.2 Å². The van der Waals surface area contributed by atoms with Crippen LogP contribution in [0.4, 0.5) is 0 Å². The Balaban J connectivity index is 1.88. The summed E-state index contributed by atoms with van der Waals surface area (Å²) < 4.78 is 16.8. The molecule has 2 rings (SSSR count). The van der Waals surface area contributed by atoms with E-state index in [4.69, 9.17) is 14.2 Å². The van der Waals surface area contributed by atoms with Gasteiger partial charge in [-0.15, -0.1) is 0 Å². The van der Waals surface area contributed by atoms with Crippen LogP contribution in [0, 0.1) is 13.8 Å². The Labute approximate surface area is 161 Å². The Morgan fingerprint density at radius 2 is 1.74 bits per heavy atom.